The van der Waals surface area contributed by atoms with Gasteiger partial charge in [-0.15, -0.1) is 0 Å². The zero-order valence-corrected chi connectivity index (χ0v) is 17.9. The SMILES string of the molecule is CC1=NNC(=O)/C1=C/c1cn(-c2ccccc2)nc1-c1cc2cc(Br)ccc2oc1=O. The van der Waals surface area contributed by atoms with Gasteiger partial charge in [-0.2, -0.15) is 10.2 Å². The second-order valence-corrected chi connectivity index (χ2v) is 7.95. The summed E-state index contributed by atoms with van der Waals surface area (Å²) in [6.45, 7) is 1.74. The average Bonchev–Trinajstić information content (AvgIpc) is 3.33. The Hall–Kier alpha value is -3.78. The maximum atomic E-state index is 12.8. The molecular formula is C23H15BrN4O3. The number of nitrogens with one attached hydrogen (secondary N) is 1. The van der Waals surface area contributed by atoms with Crippen LogP contribution in [0.1, 0.15) is 12.5 Å². The van der Waals surface area contributed by atoms with Crippen LogP contribution in [0.25, 0.3) is 34.0 Å². The molecule has 7 nitrogen and oxygen atoms in total. The van der Waals surface area contributed by atoms with Gasteiger partial charge < -0.3 is 4.42 Å². The first kappa shape index (κ1) is 19.2. The molecule has 152 valence electrons. The summed E-state index contributed by atoms with van der Waals surface area (Å²) in [5.41, 5.74) is 5.56. The standard InChI is InChI=1S/C23H15BrN4O3/c1-13-18(22(29)26-25-13)11-15-12-28(17-5-3-2-4-6-17)27-21(15)19-10-14-9-16(24)7-8-20(14)31-23(19)30/h2-12H,1H3,(H,26,29)/b18-11+. The van der Waals surface area contributed by atoms with Gasteiger partial charge in [0.1, 0.15) is 11.3 Å². The normalized spacial score (nSPS) is 14.8. The van der Waals surface area contributed by atoms with Crippen LogP contribution in [0.4, 0.5) is 0 Å². The lowest BCUT2D eigenvalue weighted by molar-refractivity contribution is -0.116. The lowest BCUT2D eigenvalue weighted by Gasteiger charge is -2.03. The van der Waals surface area contributed by atoms with Crippen molar-refractivity contribution in [3.63, 3.8) is 0 Å². The molecule has 1 aliphatic rings. The number of aromatic nitrogens is 2. The van der Waals surface area contributed by atoms with E-state index in [1.54, 1.807) is 36.0 Å². The number of nitrogens with zero attached hydrogens (tertiary/aromatic N) is 3. The van der Waals surface area contributed by atoms with Crippen LogP contribution in [0.5, 0.6) is 0 Å². The van der Waals surface area contributed by atoms with Crippen molar-refractivity contribution in [2.75, 3.05) is 0 Å². The first-order valence-corrected chi connectivity index (χ1v) is 10.2. The third-order valence-corrected chi connectivity index (χ3v) is 5.47. The predicted octanol–water partition coefficient (Wildman–Crippen LogP) is 4.30. The van der Waals surface area contributed by atoms with Crippen molar-refractivity contribution < 1.29 is 9.21 Å². The molecule has 0 bridgehead atoms. The van der Waals surface area contributed by atoms with Crippen LogP contribution in [0.15, 0.2) is 85.2 Å². The minimum atomic E-state index is -0.506. The topological polar surface area (TPSA) is 89.5 Å². The fourth-order valence-corrected chi connectivity index (χ4v) is 3.80. The van der Waals surface area contributed by atoms with Crippen LogP contribution >= 0.6 is 15.9 Å². The van der Waals surface area contributed by atoms with E-state index in [4.69, 9.17) is 4.42 Å². The molecule has 1 amide bonds. The molecule has 0 atom stereocenters. The van der Waals surface area contributed by atoms with Gasteiger partial charge in [-0.3, -0.25) is 4.79 Å². The molecule has 0 unspecified atom stereocenters. The number of hydrogen-bond acceptors (Lipinski definition) is 5. The number of amides is 1. The third-order valence-electron chi connectivity index (χ3n) is 4.97. The second kappa shape index (κ2) is 7.48. The molecule has 4 aromatic rings. The molecule has 2 aromatic heterocycles. The van der Waals surface area contributed by atoms with Gasteiger partial charge in [0.25, 0.3) is 5.91 Å². The smallest absolute Gasteiger partial charge is 0.345 e. The van der Waals surface area contributed by atoms with Gasteiger partial charge in [-0.1, -0.05) is 34.1 Å². The van der Waals surface area contributed by atoms with Crippen LogP contribution in [0, 0.1) is 0 Å². The van der Waals surface area contributed by atoms with E-state index in [0.29, 0.717) is 33.7 Å². The summed E-state index contributed by atoms with van der Waals surface area (Å²) in [5, 5.41) is 9.39. The molecule has 0 fully saturated rings. The molecule has 0 radical (unpaired) electrons. The second-order valence-electron chi connectivity index (χ2n) is 7.04. The molecule has 8 heteroatoms. The Bertz CT molecular complexity index is 1470. The first-order chi connectivity index (χ1) is 15.0. The maximum absolute atomic E-state index is 12.8. The lowest BCUT2D eigenvalue weighted by Crippen LogP contribution is -2.12. The Morgan fingerprint density at radius 1 is 1.10 bits per heavy atom. The Kier molecular flexibility index (Phi) is 4.63. The fourth-order valence-electron chi connectivity index (χ4n) is 3.42. The van der Waals surface area contributed by atoms with Crippen LogP contribution in [0.3, 0.4) is 0 Å². The van der Waals surface area contributed by atoms with Crippen LogP contribution in [0.2, 0.25) is 0 Å². The number of rotatable bonds is 3. The summed E-state index contributed by atoms with van der Waals surface area (Å²) in [7, 11) is 0. The fraction of sp³-hybridized carbons (Fsp3) is 0.0435. The maximum Gasteiger partial charge on any atom is 0.345 e. The highest BCUT2D eigenvalue weighted by atomic mass is 79.9. The quantitative estimate of drug-likeness (QED) is 0.354. The molecular weight excluding hydrogens is 460 g/mol. The zero-order chi connectivity index (χ0) is 21.5. The van der Waals surface area contributed by atoms with Gasteiger partial charge >= 0.3 is 5.63 Å². The van der Waals surface area contributed by atoms with Crippen molar-refractivity contribution in [3.05, 3.63) is 86.8 Å². The van der Waals surface area contributed by atoms with Gasteiger partial charge in [0.05, 0.1) is 22.5 Å². The number of benzene rings is 2. The summed E-state index contributed by atoms with van der Waals surface area (Å²) >= 11 is 3.45. The Balaban J connectivity index is 1.75. The van der Waals surface area contributed by atoms with E-state index in [1.807, 2.05) is 42.5 Å². The number of hydrazone groups is 1. The summed E-state index contributed by atoms with van der Waals surface area (Å²) in [6, 6.07) is 16.7. The zero-order valence-electron chi connectivity index (χ0n) is 16.3. The number of halogens is 1. The lowest BCUT2D eigenvalue weighted by atomic mass is 10.0. The predicted molar refractivity (Wildman–Crippen MR) is 122 cm³/mol. The summed E-state index contributed by atoms with van der Waals surface area (Å²) < 4.78 is 8.07. The number of carbonyl (C=O) groups excluding carboxylic acids is 1. The number of hydrogen-bond donors (Lipinski definition) is 1. The highest BCUT2D eigenvalue weighted by molar-refractivity contribution is 9.10. The highest BCUT2D eigenvalue weighted by Crippen LogP contribution is 2.28. The summed E-state index contributed by atoms with van der Waals surface area (Å²) in [6.07, 6.45) is 3.47. The highest BCUT2D eigenvalue weighted by Gasteiger charge is 2.22. The number of fused-ring (bicyclic) bond motifs is 1. The van der Waals surface area contributed by atoms with Gasteiger partial charge in [0.15, 0.2) is 0 Å². The Morgan fingerprint density at radius 3 is 2.65 bits per heavy atom. The number of para-hydroxylation sites is 1. The van der Waals surface area contributed by atoms with E-state index in [9.17, 15) is 9.59 Å². The van der Waals surface area contributed by atoms with Crippen molar-refractivity contribution in [2.45, 2.75) is 6.92 Å². The third kappa shape index (κ3) is 3.51. The molecule has 0 aliphatic carbocycles. The molecule has 5 rings (SSSR count). The van der Waals surface area contributed by atoms with Crippen molar-refractivity contribution >= 4 is 44.6 Å². The molecule has 3 heterocycles. The largest absolute Gasteiger partial charge is 0.422 e. The summed E-state index contributed by atoms with van der Waals surface area (Å²) in [4.78, 5) is 25.0. The van der Waals surface area contributed by atoms with Gasteiger partial charge in [-0.05, 0) is 49.4 Å². The molecule has 1 N–H and O–H groups in total. The monoisotopic (exact) mass is 474 g/mol. The minimum absolute atomic E-state index is 0.301. The van der Waals surface area contributed by atoms with Gasteiger partial charge in [-0.25, -0.2) is 14.9 Å². The molecule has 0 saturated heterocycles. The van der Waals surface area contributed by atoms with E-state index >= 15 is 0 Å². The molecule has 0 saturated carbocycles. The van der Waals surface area contributed by atoms with E-state index < -0.39 is 5.63 Å². The van der Waals surface area contributed by atoms with Gasteiger partial charge in [0.2, 0.25) is 0 Å². The Labute approximate surface area is 184 Å². The van der Waals surface area contributed by atoms with Crippen LogP contribution < -0.4 is 11.1 Å². The molecule has 31 heavy (non-hydrogen) atoms. The first-order valence-electron chi connectivity index (χ1n) is 9.45. The number of carbonyl (C=O) groups is 1. The van der Waals surface area contributed by atoms with E-state index in [1.165, 1.54) is 0 Å². The van der Waals surface area contributed by atoms with E-state index in [2.05, 4.69) is 31.6 Å². The van der Waals surface area contributed by atoms with Crippen LogP contribution in [-0.2, 0) is 4.79 Å². The minimum Gasteiger partial charge on any atom is -0.422 e. The van der Waals surface area contributed by atoms with Crippen molar-refractivity contribution in [1.82, 2.24) is 15.2 Å². The molecule has 0 spiro atoms. The van der Waals surface area contributed by atoms with Gasteiger partial charge in [0, 0.05) is 21.6 Å². The van der Waals surface area contributed by atoms with Crippen molar-refractivity contribution in [1.29, 1.82) is 0 Å². The molecule has 1 aliphatic heterocycles. The molecule has 2 aromatic carbocycles. The van der Waals surface area contributed by atoms with Crippen LogP contribution in [-0.4, -0.2) is 21.4 Å². The average molecular weight is 475 g/mol. The van der Waals surface area contributed by atoms with Crippen molar-refractivity contribution in [2.24, 2.45) is 5.10 Å². The Morgan fingerprint density at radius 2 is 1.90 bits per heavy atom. The van der Waals surface area contributed by atoms with Crippen molar-refractivity contribution in [3.8, 4) is 16.9 Å². The summed E-state index contributed by atoms with van der Waals surface area (Å²) in [5.74, 6) is -0.301. The van der Waals surface area contributed by atoms with E-state index in [-0.39, 0.29) is 5.91 Å². The van der Waals surface area contributed by atoms with E-state index in [0.717, 1.165) is 15.5 Å².